The van der Waals surface area contributed by atoms with E-state index in [0.717, 1.165) is 36.3 Å². The lowest BCUT2D eigenvalue weighted by Gasteiger charge is -2.32. The molecule has 1 atom stereocenters. The van der Waals surface area contributed by atoms with E-state index >= 15 is 0 Å². The highest BCUT2D eigenvalue weighted by Crippen LogP contribution is 2.27. The normalized spacial score (nSPS) is 13.0. The van der Waals surface area contributed by atoms with Crippen molar-refractivity contribution in [3.8, 4) is 0 Å². The lowest BCUT2D eigenvalue weighted by atomic mass is 10.2. The van der Waals surface area contributed by atoms with Crippen LogP contribution in [0.2, 0.25) is 19.6 Å². The second-order valence-corrected chi connectivity index (χ2v) is 13.4. The maximum absolute atomic E-state index is 12.2. The monoisotopic (exact) mass is 414 g/mol. The lowest BCUT2D eigenvalue weighted by molar-refractivity contribution is -0.138. The Balaban J connectivity index is 2.21. The zero-order valence-corrected chi connectivity index (χ0v) is 19.4. The van der Waals surface area contributed by atoms with Crippen LogP contribution >= 0.6 is 0 Å². The minimum atomic E-state index is -1.68. The van der Waals surface area contributed by atoms with Crippen molar-refractivity contribution in [1.29, 1.82) is 0 Å². The average molecular weight is 415 g/mol. The van der Waals surface area contributed by atoms with E-state index < -0.39 is 8.07 Å². The first kappa shape index (κ1) is 23.1. The summed E-state index contributed by atoms with van der Waals surface area (Å²) in [6.45, 7) is 12.0. The van der Waals surface area contributed by atoms with E-state index in [1.165, 1.54) is 6.08 Å². The molecular formula is C23H34N2O3Si. The summed E-state index contributed by atoms with van der Waals surface area (Å²) < 4.78 is 13.7. The number of aromatic nitrogens is 2. The summed E-state index contributed by atoms with van der Waals surface area (Å²) in [5, 5.41) is 0. The maximum Gasteiger partial charge on any atom is 0.331 e. The molecule has 0 aliphatic carbocycles. The molecule has 2 rings (SSSR count). The summed E-state index contributed by atoms with van der Waals surface area (Å²) in [7, 11) is -1.68. The Bertz CT molecular complexity index is 794. The summed E-state index contributed by atoms with van der Waals surface area (Å²) in [4.78, 5) is 16.9. The van der Waals surface area contributed by atoms with Gasteiger partial charge in [-0.3, -0.25) is 0 Å². The number of aryl methyl sites for hydroxylation is 1. The summed E-state index contributed by atoms with van der Waals surface area (Å²) in [6, 6.07) is 9.68. The largest absolute Gasteiger partial charge is 0.458 e. The van der Waals surface area contributed by atoms with Crippen molar-refractivity contribution in [2.45, 2.75) is 65.2 Å². The van der Waals surface area contributed by atoms with Crippen molar-refractivity contribution in [3.05, 3.63) is 59.7 Å². The lowest BCUT2D eigenvalue weighted by Crippen LogP contribution is -2.38. The third-order valence-electron chi connectivity index (χ3n) is 4.57. The van der Waals surface area contributed by atoms with E-state index in [2.05, 4.69) is 36.1 Å². The number of rotatable bonds is 11. The molecule has 0 spiro atoms. The van der Waals surface area contributed by atoms with Crippen LogP contribution in [0.3, 0.4) is 0 Å². The number of esters is 1. The Hall–Kier alpha value is -2.18. The van der Waals surface area contributed by atoms with Crippen molar-refractivity contribution in [3.63, 3.8) is 0 Å². The van der Waals surface area contributed by atoms with Gasteiger partial charge in [-0.25, -0.2) is 9.78 Å². The fourth-order valence-electron chi connectivity index (χ4n) is 3.13. The third-order valence-corrected chi connectivity index (χ3v) is 6.48. The van der Waals surface area contributed by atoms with Gasteiger partial charge in [0.2, 0.25) is 0 Å². The Morgan fingerprint density at radius 2 is 1.93 bits per heavy atom. The van der Waals surface area contributed by atoms with Crippen LogP contribution in [0, 0.1) is 0 Å². The number of nitrogens with zero attached hydrogens (tertiary/aromatic N) is 2. The highest BCUT2D eigenvalue weighted by molar-refractivity contribution is 6.76. The molecule has 0 saturated carbocycles. The molecule has 0 amide bonds. The first-order valence-electron chi connectivity index (χ1n) is 10.4. The second-order valence-electron chi connectivity index (χ2n) is 8.17. The Labute approximate surface area is 175 Å². The van der Waals surface area contributed by atoms with Gasteiger partial charge in [0.25, 0.3) is 0 Å². The Morgan fingerprint density at radius 1 is 1.21 bits per heavy atom. The highest BCUT2D eigenvalue weighted by atomic mass is 28.3. The predicted octanol–water partition coefficient (Wildman–Crippen LogP) is 5.39. The topological polar surface area (TPSA) is 53.3 Å². The standard InChI is InChI=1S/C23H34N2O3Si/c1-6-8-14-21-24-17-20(25(21)23(27-7-2)29(3,4)5)15-16-22(26)28-18-19-12-10-9-11-13-19/h9-13,15-17,23H,6-8,14,18H2,1-5H3/b16-15+. The van der Waals surface area contributed by atoms with Crippen LogP contribution in [-0.2, 0) is 27.3 Å². The molecule has 1 aromatic heterocycles. The number of imidazole rings is 1. The van der Waals surface area contributed by atoms with E-state index in [1.807, 2.05) is 43.5 Å². The van der Waals surface area contributed by atoms with Gasteiger partial charge in [0, 0.05) is 19.1 Å². The van der Waals surface area contributed by atoms with Crippen LogP contribution in [0.15, 0.2) is 42.6 Å². The molecule has 29 heavy (non-hydrogen) atoms. The summed E-state index contributed by atoms with van der Waals surface area (Å²) in [6.07, 6.45) is 8.18. The summed E-state index contributed by atoms with van der Waals surface area (Å²) in [5.41, 5.74) is 1.85. The first-order chi connectivity index (χ1) is 13.9. The van der Waals surface area contributed by atoms with Crippen LogP contribution in [0.4, 0.5) is 0 Å². The fourth-order valence-corrected chi connectivity index (χ4v) is 4.87. The minimum Gasteiger partial charge on any atom is -0.458 e. The van der Waals surface area contributed by atoms with Crippen molar-refractivity contribution in [1.82, 2.24) is 9.55 Å². The van der Waals surface area contributed by atoms with E-state index in [-0.39, 0.29) is 18.4 Å². The van der Waals surface area contributed by atoms with Gasteiger partial charge in [-0.2, -0.15) is 0 Å². The molecule has 1 aromatic carbocycles. The molecule has 2 aromatic rings. The van der Waals surface area contributed by atoms with E-state index in [1.54, 1.807) is 6.08 Å². The van der Waals surface area contributed by atoms with Gasteiger partial charge in [0.15, 0.2) is 0 Å². The van der Waals surface area contributed by atoms with Gasteiger partial charge in [-0.05, 0) is 25.0 Å². The van der Waals surface area contributed by atoms with Crippen molar-refractivity contribution in [2.75, 3.05) is 6.61 Å². The Morgan fingerprint density at radius 3 is 2.55 bits per heavy atom. The molecule has 1 unspecified atom stereocenters. The third kappa shape index (κ3) is 6.98. The van der Waals surface area contributed by atoms with E-state index in [9.17, 15) is 4.79 Å². The van der Waals surface area contributed by atoms with Gasteiger partial charge in [-0.15, -0.1) is 0 Å². The van der Waals surface area contributed by atoms with Gasteiger partial charge < -0.3 is 14.0 Å². The maximum atomic E-state index is 12.2. The van der Waals surface area contributed by atoms with Crippen LogP contribution in [-0.4, -0.2) is 30.2 Å². The number of hydrogen-bond donors (Lipinski definition) is 0. The molecular weight excluding hydrogens is 380 g/mol. The molecule has 0 radical (unpaired) electrons. The molecule has 5 nitrogen and oxygen atoms in total. The van der Waals surface area contributed by atoms with E-state index in [4.69, 9.17) is 9.47 Å². The van der Waals surface area contributed by atoms with E-state index in [0.29, 0.717) is 6.61 Å². The van der Waals surface area contributed by atoms with Crippen LogP contribution in [0.25, 0.3) is 6.08 Å². The number of carbonyl (C=O) groups excluding carboxylic acids is 1. The van der Waals surface area contributed by atoms with Gasteiger partial charge in [0.05, 0.1) is 11.9 Å². The quantitative estimate of drug-likeness (QED) is 0.281. The fraction of sp³-hybridized carbons (Fsp3) is 0.478. The van der Waals surface area contributed by atoms with Crippen molar-refractivity contribution in [2.24, 2.45) is 0 Å². The number of carbonyl (C=O) groups is 1. The zero-order valence-electron chi connectivity index (χ0n) is 18.4. The SMILES string of the molecule is CCCCc1ncc(/C=C/C(=O)OCc2ccccc2)n1C(OCC)[Si](C)(C)C. The number of unbranched alkanes of at least 4 members (excludes halogenated alkanes) is 1. The Kier molecular flexibility index (Phi) is 8.86. The zero-order chi connectivity index (χ0) is 21.3. The van der Waals surface area contributed by atoms with Gasteiger partial charge in [0.1, 0.15) is 26.4 Å². The van der Waals surface area contributed by atoms with Crippen LogP contribution in [0.1, 0.15) is 49.6 Å². The van der Waals surface area contributed by atoms with Crippen molar-refractivity contribution < 1.29 is 14.3 Å². The molecule has 0 aliphatic rings. The molecule has 0 N–H and O–H groups in total. The average Bonchev–Trinajstić information content (AvgIpc) is 3.09. The molecule has 0 saturated heterocycles. The van der Waals surface area contributed by atoms with Crippen LogP contribution < -0.4 is 0 Å². The highest BCUT2D eigenvalue weighted by Gasteiger charge is 2.31. The molecule has 1 heterocycles. The molecule has 6 heteroatoms. The summed E-state index contributed by atoms with van der Waals surface area (Å²) >= 11 is 0. The van der Waals surface area contributed by atoms with Crippen molar-refractivity contribution >= 4 is 20.1 Å². The number of benzene rings is 1. The molecule has 158 valence electrons. The summed E-state index contributed by atoms with van der Waals surface area (Å²) in [5.74, 6) is 0.629. The van der Waals surface area contributed by atoms with Gasteiger partial charge >= 0.3 is 5.97 Å². The number of hydrogen-bond acceptors (Lipinski definition) is 4. The smallest absolute Gasteiger partial charge is 0.331 e. The minimum absolute atomic E-state index is 0.0261. The second kappa shape index (κ2) is 11.1. The van der Waals surface area contributed by atoms with Crippen LogP contribution in [0.5, 0.6) is 0 Å². The molecule has 0 bridgehead atoms. The predicted molar refractivity (Wildman–Crippen MR) is 120 cm³/mol. The number of ether oxygens (including phenoxy) is 2. The first-order valence-corrected chi connectivity index (χ1v) is 14.0. The molecule has 0 fully saturated rings. The molecule has 0 aliphatic heterocycles. The van der Waals surface area contributed by atoms with Gasteiger partial charge in [-0.1, -0.05) is 63.3 Å².